The Balaban J connectivity index is 1.36. The number of fused-ring (bicyclic) bond motifs is 1. The smallest absolute Gasteiger partial charge is 0.223 e. The Morgan fingerprint density at radius 1 is 1.15 bits per heavy atom. The molecule has 5 heteroatoms. The highest BCUT2D eigenvalue weighted by atomic mass is 16.1. The number of rotatable bonds is 6. The summed E-state index contributed by atoms with van der Waals surface area (Å²) in [7, 11) is 0. The van der Waals surface area contributed by atoms with Crippen LogP contribution in [0.25, 0.3) is 0 Å². The maximum Gasteiger partial charge on any atom is 0.223 e. The largest absolute Gasteiger partial charge is 0.350 e. The number of hydrogen-bond donors (Lipinski definition) is 1. The van der Waals surface area contributed by atoms with E-state index in [2.05, 4.69) is 52.2 Å². The number of carbonyl (C=O) groups excluding carboxylic acids is 1. The van der Waals surface area contributed by atoms with Crippen LogP contribution < -0.4 is 5.32 Å². The average molecular weight is 367 g/mol. The minimum atomic E-state index is 0.196. The lowest BCUT2D eigenvalue weighted by Gasteiger charge is -2.23. The van der Waals surface area contributed by atoms with Crippen molar-refractivity contribution in [3.05, 3.63) is 52.8 Å². The number of nitrogens with one attached hydrogen (secondary N) is 1. The van der Waals surface area contributed by atoms with Crippen molar-refractivity contribution in [2.24, 2.45) is 5.92 Å². The minimum Gasteiger partial charge on any atom is -0.350 e. The van der Waals surface area contributed by atoms with Crippen molar-refractivity contribution >= 4 is 5.91 Å². The highest BCUT2D eigenvalue weighted by molar-refractivity contribution is 5.79. The first kappa shape index (κ1) is 18.2. The van der Waals surface area contributed by atoms with Crippen LogP contribution >= 0.6 is 0 Å². The molecule has 2 aliphatic rings. The van der Waals surface area contributed by atoms with Crippen LogP contribution in [0.3, 0.4) is 0 Å². The second-order valence-corrected chi connectivity index (χ2v) is 7.93. The van der Waals surface area contributed by atoms with E-state index in [1.165, 1.54) is 23.2 Å². The molecule has 1 N–H and O–H groups in total. The molecule has 1 aromatic heterocycles. The molecule has 144 valence electrons. The van der Waals surface area contributed by atoms with Gasteiger partial charge in [0.25, 0.3) is 0 Å². The highest BCUT2D eigenvalue weighted by Gasteiger charge is 2.25. The summed E-state index contributed by atoms with van der Waals surface area (Å²) in [6.45, 7) is 6.68. The van der Waals surface area contributed by atoms with Crippen molar-refractivity contribution in [2.75, 3.05) is 6.54 Å². The Morgan fingerprint density at radius 2 is 1.93 bits per heavy atom. The van der Waals surface area contributed by atoms with Gasteiger partial charge in [-0.2, -0.15) is 5.10 Å². The van der Waals surface area contributed by atoms with E-state index in [4.69, 9.17) is 5.10 Å². The zero-order chi connectivity index (χ0) is 18.6. The zero-order valence-corrected chi connectivity index (χ0v) is 16.3. The molecule has 0 atom stereocenters. The summed E-state index contributed by atoms with van der Waals surface area (Å²) in [4.78, 5) is 14.5. The topological polar surface area (TPSA) is 50.2 Å². The van der Waals surface area contributed by atoms with Gasteiger partial charge in [0.05, 0.1) is 17.9 Å². The van der Waals surface area contributed by atoms with E-state index in [-0.39, 0.29) is 11.8 Å². The fourth-order valence-corrected chi connectivity index (χ4v) is 3.94. The molecular formula is C22H30N4O. The molecule has 0 spiro atoms. The molecule has 2 aromatic rings. The number of amides is 1. The number of carbonyl (C=O) groups is 1. The minimum absolute atomic E-state index is 0.196. The summed E-state index contributed by atoms with van der Waals surface area (Å²) in [5.74, 6) is 0.432. The van der Waals surface area contributed by atoms with Crippen molar-refractivity contribution in [3.8, 4) is 0 Å². The third kappa shape index (κ3) is 4.41. The van der Waals surface area contributed by atoms with Crippen LogP contribution in [0.4, 0.5) is 0 Å². The van der Waals surface area contributed by atoms with Crippen LogP contribution in [0.5, 0.6) is 0 Å². The molecule has 1 aromatic carbocycles. The van der Waals surface area contributed by atoms with Gasteiger partial charge in [-0.1, -0.05) is 37.6 Å². The predicted molar refractivity (Wildman–Crippen MR) is 106 cm³/mol. The first-order valence-electron chi connectivity index (χ1n) is 10.3. The number of hydrogen-bond acceptors (Lipinski definition) is 3. The van der Waals surface area contributed by atoms with Gasteiger partial charge in [-0.3, -0.25) is 14.4 Å². The third-order valence-electron chi connectivity index (χ3n) is 5.90. The zero-order valence-electron chi connectivity index (χ0n) is 16.3. The molecule has 4 rings (SSSR count). The third-order valence-corrected chi connectivity index (χ3v) is 5.90. The molecular weight excluding hydrogens is 336 g/mol. The van der Waals surface area contributed by atoms with Crippen LogP contribution in [-0.2, 0) is 37.4 Å². The van der Waals surface area contributed by atoms with Gasteiger partial charge < -0.3 is 5.32 Å². The van der Waals surface area contributed by atoms with Gasteiger partial charge in [0.15, 0.2) is 0 Å². The summed E-state index contributed by atoms with van der Waals surface area (Å²) < 4.78 is 2.13. The number of aromatic nitrogens is 2. The molecule has 1 fully saturated rings. The molecule has 0 radical (unpaired) electrons. The molecule has 1 saturated carbocycles. The maximum absolute atomic E-state index is 12.0. The number of aryl methyl sites for hydroxylation is 2. The van der Waals surface area contributed by atoms with E-state index >= 15 is 0 Å². The monoisotopic (exact) mass is 366 g/mol. The lowest BCUT2D eigenvalue weighted by molar-refractivity contribution is -0.127. The number of benzene rings is 1. The van der Waals surface area contributed by atoms with Gasteiger partial charge in [0.1, 0.15) is 0 Å². The Morgan fingerprint density at radius 3 is 2.63 bits per heavy atom. The van der Waals surface area contributed by atoms with E-state index in [0.717, 1.165) is 57.6 Å². The van der Waals surface area contributed by atoms with Crippen LogP contribution in [0.1, 0.15) is 55.1 Å². The summed E-state index contributed by atoms with van der Waals surface area (Å²) in [6, 6.07) is 11.1. The fraction of sp³-hybridized carbons (Fsp3) is 0.545. The first-order chi connectivity index (χ1) is 13.2. The van der Waals surface area contributed by atoms with E-state index in [1.54, 1.807) is 0 Å². The summed E-state index contributed by atoms with van der Waals surface area (Å²) >= 11 is 0. The molecule has 5 nitrogen and oxygen atoms in total. The van der Waals surface area contributed by atoms with Gasteiger partial charge in [-0.05, 0) is 42.9 Å². The van der Waals surface area contributed by atoms with Crippen LogP contribution in [0.2, 0.25) is 0 Å². The lowest BCUT2D eigenvalue weighted by Crippen LogP contribution is -2.34. The van der Waals surface area contributed by atoms with E-state index in [9.17, 15) is 4.79 Å². The van der Waals surface area contributed by atoms with E-state index in [1.807, 2.05) is 0 Å². The summed E-state index contributed by atoms with van der Waals surface area (Å²) in [6.07, 6.45) is 5.46. The Hall–Kier alpha value is -2.14. The van der Waals surface area contributed by atoms with Gasteiger partial charge in [0.2, 0.25) is 5.91 Å². The maximum atomic E-state index is 12.0. The molecule has 1 amide bonds. The van der Waals surface area contributed by atoms with Crippen LogP contribution in [-0.4, -0.2) is 27.1 Å². The second-order valence-electron chi connectivity index (χ2n) is 7.93. The van der Waals surface area contributed by atoms with Crippen LogP contribution in [0, 0.1) is 5.92 Å². The SMILES string of the molecule is CCc1ccc(CN2CCCn3nc(CNC(=O)C4CCC4)cc3C2)cc1. The van der Waals surface area contributed by atoms with Crippen molar-refractivity contribution in [2.45, 2.75) is 65.2 Å². The lowest BCUT2D eigenvalue weighted by atomic mass is 9.85. The summed E-state index contributed by atoms with van der Waals surface area (Å²) in [5.41, 5.74) is 4.99. The van der Waals surface area contributed by atoms with Crippen molar-refractivity contribution in [1.29, 1.82) is 0 Å². The van der Waals surface area contributed by atoms with Gasteiger partial charge in [-0.15, -0.1) is 0 Å². The van der Waals surface area contributed by atoms with Gasteiger partial charge in [0, 0.05) is 32.1 Å². The van der Waals surface area contributed by atoms with E-state index < -0.39 is 0 Å². The Labute approximate surface area is 161 Å². The van der Waals surface area contributed by atoms with Crippen LogP contribution in [0.15, 0.2) is 30.3 Å². The number of nitrogens with zero attached hydrogens (tertiary/aromatic N) is 3. The molecule has 0 unspecified atom stereocenters. The molecule has 27 heavy (non-hydrogen) atoms. The molecule has 0 bridgehead atoms. The van der Waals surface area contributed by atoms with E-state index in [0.29, 0.717) is 6.54 Å². The quantitative estimate of drug-likeness (QED) is 0.854. The molecule has 1 aliphatic heterocycles. The fourth-order valence-electron chi connectivity index (χ4n) is 3.94. The predicted octanol–water partition coefficient (Wildman–Crippen LogP) is 3.27. The van der Waals surface area contributed by atoms with Crippen molar-refractivity contribution in [3.63, 3.8) is 0 Å². The molecule has 0 saturated heterocycles. The first-order valence-corrected chi connectivity index (χ1v) is 10.3. The second kappa shape index (κ2) is 8.26. The average Bonchev–Trinajstić information content (AvgIpc) is 2.91. The molecule has 1 aliphatic carbocycles. The van der Waals surface area contributed by atoms with Crippen molar-refractivity contribution in [1.82, 2.24) is 20.0 Å². The molecule has 2 heterocycles. The Kier molecular flexibility index (Phi) is 5.58. The normalized spacial score (nSPS) is 17.8. The highest BCUT2D eigenvalue weighted by Crippen LogP contribution is 2.26. The standard InChI is InChI=1S/C22H30N4O/c1-2-17-7-9-18(10-8-17)15-25-11-4-12-26-21(16-25)13-20(24-26)14-23-22(27)19-5-3-6-19/h7-10,13,19H,2-6,11-12,14-16H2,1H3,(H,23,27). The van der Waals surface area contributed by atoms with Gasteiger partial charge in [-0.25, -0.2) is 0 Å². The van der Waals surface area contributed by atoms with Crippen molar-refractivity contribution < 1.29 is 4.79 Å². The Bertz CT molecular complexity index is 776. The van der Waals surface area contributed by atoms with Gasteiger partial charge >= 0.3 is 0 Å². The summed E-state index contributed by atoms with van der Waals surface area (Å²) in [5, 5.41) is 7.78.